The first-order valence-corrected chi connectivity index (χ1v) is 9.55. The number of rotatable bonds is 5. The summed E-state index contributed by atoms with van der Waals surface area (Å²) in [4.78, 5) is 50.6. The number of benzene rings is 1. The second-order valence-corrected chi connectivity index (χ2v) is 7.74. The minimum atomic E-state index is -1.34. The van der Waals surface area contributed by atoms with Crippen LogP contribution >= 0.6 is 22.9 Å². The summed E-state index contributed by atoms with van der Waals surface area (Å²) in [7, 11) is 0. The van der Waals surface area contributed by atoms with Crippen LogP contribution in [0.4, 0.5) is 9.59 Å². The molecule has 0 radical (unpaired) electrons. The molecule has 28 heavy (non-hydrogen) atoms. The minimum Gasteiger partial charge on any atom is -0.333 e. The van der Waals surface area contributed by atoms with E-state index in [-0.39, 0.29) is 6.54 Å². The summed E-state index contributed by atoms with van der Waals surface area (Å²) < 4.78 is 0. The van der Waals surface area contributed by atoms with Crippen LogP contribution < -0.4 is 16.0 Å². The molecule has 0 spiro atoms. The van der Waals surface area contributed by atoms with Crippen molar-refractivity contribution < 1.29 is 19.2 Å². The van der Waals surface area contributed by atoms with E-state index in [1.165, 1.54) is 18.3 Å². The van der Waals surface area contributed by atoms with Gasteiger partial charge in [0.15, 0.2) is 0 Å². The molecular weight excluding hydrogens is 404 g/mol. The Balaban J connectivity index is 1.60. The summed E-state index contributed by atoms with van der Waals surface area (Å²) >= 11 is 7.44. The first kappa shape index (κ1) is 19.8. The van der Waals surface area contributed by atoms with Crippen molar-refractivity contribution in [2.24, 2.45) is 0 Å². The summed E-state index contributed by atoms with van der Waals surface area (Å²) in [6, 6.07) is 8.80. The molecule has 0 bridgehead atoms. The molecule has 2 heterocycles. The Hall–Kier alpha value is -2.91. The Morgan fingerprint density at radius 3 is 2.71 bits per heavy atom. The van der Waals surface area contributed by atoms with Gasteiger partial charge in [-0.25, -0.2) is 9.59 Å². The number of halogens is 1. The molecule has 1 unspecified atom stereocenters. The SMILES string of the molecule is CC1(c2cccc(Cl)c2)NC(=O)N(CC(=O)NC(=O)NCc2cccs2)C1=O. The molecule has 1 atom stereocenters. The molecule has 2 aromatic rings. The van der Waals surface area contributed by atoms with Crippen LogP contribution in [-0.2, 0) is 21.7 Å². The Bertz CT molecular complexity index is 933. The third-order valence-electron chi connectivity index (χ3n) is 4.23. The van der Waals surface area contributed by atoms with Crippen LogP contribution in [0.3, 0.4) is 0 Å². The van der Waals surface area contributed by atoms with Gasteiger partial charge in [-0.1, -0.05) is 29.8 Å². The van der Waals surface area contributed by atoms with E-state index in [0.717, 1.165) is 9.78 Å². The largest absolute Gasteiger partial charge is 0.333 e. The number of hydrogen-bond donors (Lipinski definition) is 3. The number of nitrogens with zero attached hydrogens (tertiary/aromatic N) is 1. The van der Waals surface area contributed by atoms with Gasteiger partial charge in [0.2, 0.25) is 5.91 Å². The number of imide groups is 2. The molecule has 146 valence electrons. The molecule has 1 aliphatic heterocycles. The number of carbonyl (C=O) groups excluding carboxylic acids is 4. The van der Waals surface area contributed by atoms with Gasteiger partial charge in [0.1, 0.15) is 12.1 Å². The van der Waals surface area contributed by atoms with Crippen LogP contribution in [0, 0.1) is 0 Å². The second kappa shape index (κ2) is 7.99. The van der Waals surface area contributed by atoms with E-state index in [1.807, 2.05) is 17.5 Å². The summed E-state index contributed by atoms with van der Waals surface area (Å²) in [6.45, 7) is 1.23. The quantitative estimate of drug-likeness (QED) is 0.644. The number of nitrogens with one attached hydrogen (secondary N) is 3. The topological polar surface area (TPSA) is 108 Å². The molecule has 3 rings (SSSR count). The lowest BCUT2D eigenvalue weighted by molar-refractivity contribution is -0.134. The van der Waals surface area contributed by atoms with E-state index in [9.17, 15) is 19.2 Å². The highest BCUT2D eigenvalue weighted by Crippen LogP contribution is 2.30. The van der Waals surface area contributed by atoms with Crippen molar-refractivity contribution in [3.05, 3.63) is 57.2 Å². The average molecular weight is 421 g/mol. The van der Waals surface area contributed by atoms with Crippen molar-refractivity contribution in [1.29, 1.82) is 0 Å². The van der Waals surface area contributed by atoms with Crippen LogP contribution in [0.5, 0.6) is 0 Å². The van der Waals surface area contributed by atoms with Gasteiger partial charge in [-0.3, -0.25) is 19.8 Å². The van der Waals surface area contributed by atoms with Crippen LogP contribution in [0.15, 0.2) is 41.8 Å². The standard InChI is InChI=1S/C18H17ClN4O4S/c1-18(11-4-2-5-12(19)8-11)15(25)23(17(27)22-18)10-14(24)21-16(26)20-9-13-6-3-7-28-13/h2-8H,9-10H2,1H3,(H,22,27)(H2,20,21,24,26). The summed E-state index contributed by atoms with van der Waals surface area (Å²) in [5.74, 6) is -1.38. The Morgan fingerprint density at radius 1 is 1.25 bits per heavy atom. The number of amides is 6. The maximum absolute atomic E-state index is 12.8. The van der Waals surface area contributed by atoms with E-state index in [1.54, 1.807) is 24.3 Å². The molecule has 8 nitrogen and oxygen atoms in total. The van der Waals surface area contributed by atoms with Gasteiger partial charge in [-0.05, 0) is 36.1 Å². The fraction of sp³-hybridized carbons (Fsp3) is 0.222. The van der Waals surface area contributed by atoms with E-state index >= 15 is 0 Å². The Labute approximate surface area is 169 Å². The molecule has 1 saturated heterocycles. The van der Waals surface area contributed by atoms with E-state index in [0.29, 0.717) is 10.6 Å². The van der Waals surface area contributed by atoms with E-state index in [2.05, 4.69) is 16.0 Å². The molecule has 1 fully saturated rings. The van der Waals surface area contributed by atoms with Crippen LogP contribution in [-0.4, -0.2) is 35.3 Å². The Kier molecular flexibility index (Phi) is 5.66. The summed E-state index contributed by atoms with van der Waals surface area (Å²) in [5, 5.41) is 9.50. The number of urea groups is 2. The second-order valence-electron chi connectivity index (χ2n) is 6.27. The van der Waals surface area contributed by atoms with Gasteiger partial charge < -0.3 is 10.6 Å². The first-order chi connectivity index (χ1) is 13.3. The Morgan fingerprint density at radius 2 is 2.04 bits per heavy atom. The molecule has 6 amide bonds. The lowest BCUT2D eigenvalue weighted by Crippen LogP contribution is -2.46. The average Bonchev–Trinajstić information content (AvgIpc) is 3.23. The van der Waals surface area contributed by atoms with Crippen LogP contribution in [0.25, 0.3) is 0 Å². The van der Waals surface area contributed by atoms with Gasteiger partial charge in [-0.15, -0.1) is 11.3 Å². The molecule has 3 N–H and O–H groups in total. The molecule has 1 aromatic heterocycles. The van der Waals surface area contributed by atoms with Crippen molar-refractivity contribution in [2.75, 3.05) is 6.54 Å². The van der Waals surface area contributed by atoms with Gasteiger partial charge in [-0.2, -0.15) is 0 Å². The van der Waals surface area contributed by atoms with E-state index < -0.39 is 36.0 Å². The van der Waals surface area contributed by atoms with Crippen molar-refractivity contribution in [1.82, 2.24) is 20.9 Å². The number of thiophene rings is 1. The fourth-order valence-electron chi connectivity index (χ4n) is 2.77. The highest BCUT2D eigenvalue weighted by molar-refractivity contribution is 7.09. The molecule has 1 aliphatic rings. The molecular formula is C18H17ClN4O4S. The van der Waals surface area contributed by atoms with Crippen LogP contribution in [0.1, 0.15) is 17.4 Å². The predicted octanol–water partition coefficient (Wildman–Crippen LogP) is 2.19. The molecule has 1 aromatic carbocycles. The lowest BCUT2D eigenvalue weighted by Gasteiger charge is -2.22. The molecule has 0 aliphatic carbocycles. The number of carbonyl (C=O) groups is 4. The number of hydrogen-bond acceptors (Lipinski definition) is 5. The van der Waals surface area contributed by atoms with Gasteiger partial charge in [0, 0.05) is 9.90 Å². The van der Waals surface area contributed by atoms with E-state index in [4.69, 9.17) is 11.6 Å². The summed E-state index contributed by atoms with van der Waals surface area (Å²) in [6.07, 6.45) is 0. The van der Waals surface area contributed by atoms with Gasteiger partial charge >= 0.3 is 12.1 Å². The zero-order valence-electron chi connectivity index (χ0n) is 14.8. The predicted molar refractivity (Wildman–Crippen MR) is 104 cm³/mol. The molecule has 0 saturated carbocycles. The maximum Gasteiger partial charge on any atom is 0.325 e. The highest BCUT2D eigenvalue weighted by atomic mass is 35.5. The fourth-order valence-corrected chi connectivity index (χ4v) is 3.61. The molecule has 10 heteroatoms. The van der Waals surface area contributed by atoms with Crippen LogP contribution in [0.2, 0.25) is 5.02 Å². The monoisotopic (exact) mass is 420 g/mol. The zero-order chi connectivity index (χ0) is 20.3. The lowest BCUT2D eigenvalue weighted by atomic mass is 9.92. The minimum absolute atomic E-state index is 0.271. The zero-order valence-corrected chi connectivity index (χ0v) is 16.4. The maximum atomic E-state index is 12.8. The summed E-state index contributed by atoms with van der Waals surface area (Å²) in [5.41, 5.74) is -0.848. The third-order valence-corrected chi connectivity index (χ3v) is 5.35. The highest BCUT2D eigenvalue weighted by Gasteiger charge is 2.49. The first-order valence-electron chi connectivity index (χ1n) is 8.30. The van der Waals surface area contributed by atoms with Crippen molar-refractivity contribution in [3.63, 3.8) is 0 Å². The van der Waals surface area contributed by atoms with Crippen molar-refractivity contribution >= 4 is 46.8 Å². The van der Waals surface area contributed by atoms with Crippen molar-refractivity contribution in [2.45, 2.75) is 19.0 Å². The normalized spacial score (nSPS) is 18.7. The van der Waals surface area contributed by atoms with Gasteiger partial charge in [0.05, 0.1) is 6.54 Å². The smallest absolute Gasteiger partial charge is 0.325 e. The van der Waals surface area contributed by atoms with Crippen molar-refractivity contribution in [3.8, 4) is 0 Å². The van der Waals surface area contributed by atoms with Gasteiger partial charge in [0.25, 0.3) is 5.91 Å². The third kappa shape index (κ3) is 4.15.